The van der Waals surface area contributed by atoms with E-state index >= 15 is 0 Å². The van der Waals surface area contributed by atoms with E-state index in [1.165, 1.54) is 24.0 Å². The van der Waals surface area contributed by atoms with E-state index in [0.29, 0.717) is 19.6 Å². The lowest BCUT2D eigenvalue weighted by atomic mass is 9.83. The second-order valence-corrected chi connectivity index (χ2v) is 10.8. The molecule has 2 aliphatic rings. The van der Waals surface area contributed by atoms with Crippen molar-refractivity contribution in [3.63, 3.8) is 0 Å². The van der Waals surface area contributed by atoms with Crippen molar-refractivity contribution in [2.75, 3.05) is 14.2 Å². The minimum Gasteiger partial charge on any atom is -0.503 e. The summed E-state index contributed by atoms with van der Waals surface area (Å²) >= 11 is 4.73. The van der Waals surface area contributed by atoms with E-state index in [4.69, 9.17) is 14.5 Å². The molecule has 6 rings (SSSR count). The monoisotopic (exact) mass is 574 g/mol. The first-order valence-electron chi connectivity index (χ1n) is 11.8. The normalized spacial score (nSPS) is 16.5. The summed E-state index contributed by atoms with van der Waals surface area (Å²) in [6.45, 7) is 0. The summed E-state index contributed by atoms with van der Waals surface area (Å²) < 4.78 is 13.7. The quantitative estimate of drug-likeness (QED) is 0.380. The van der Waals surface area contributed by atoms with Gasteiger partial charge in [-0.2, -0.15) is 0 Å². The number of ether oxygens (including phenoxy) is 2. The molecular weight excluding hydrogens is 552 g/mol. The van der Waals surface area contributed by atoms with Gasteiger partial charge in [-0.05, 0) is 81.4 Å². The summed E-state index contributed by atoms with van der Waals surface area (Å²) in [7, 11) is 3.14. The lowest BCUT2D eigenvalue weighted by molar-refractivity contribution is 0.372. The predicted octanol–water partition coefficient (Wildman–Crippen LogP) is 4.80. The first-order chi connectivity index (χ1) is 18.0. The number of thiazole rings is 1. The van der Waals surface area contributed by atoms with Gasteiger partial charge < -0.3 is 14.6 Å². The standard InChI is InChI=1S/C29H23BrN2O4S/c1-35-19-8-5-7-18(15-19)26-21-11-10-17-6-3-4-9-20(17)25(21)31-29-32(26)28(34)24(37-29)14-16-12-22(30)27(33)23(13-16)36-2/h3-9,12-15,26,33H,10-11H2,1-2H3. The molecule has 0 fully saturated rings. The number of methoxy groups -OCH3 is 2. The second-order valence-electron chi connectivity index (χ2n) is 8.94. The number of hydrogen-bond acceptors (Lipinski definition) is 6. The van der Waals surface area contributed by atoms with Gasteiger partial charge in [0.2, 0.25) is 0 Å². The third-order valence-corrected chi connectivity index (χ3v) is 8.44. The molecule has 0 saturated heterocycles. The van der Waals surface area contributed by atoms with Gasteiger partial charge in [-0.1, -0.05) is 47.7 Å². The van der Waals surface area contributed by atoms with Gasteiger partial charge >= 0.3 is 0 Å². The van der Waals surface area contributed by atoms with E-state index in [1.807, 2.05) is 41.0 Å². The number of aromatic nitrogens is 1. The van der Waals surface area contributed by atoms with E-state index in [9.17, 15) is 9.90 Å². The average Bonchev–Trinajstić information content (AvgIpc) is 3.23. The molecule has 1 aliphatic carbocycles. The maximum atomic E-state index is 13.9. The molecule has 1 aliphatic heterocycles. The van der Waals surface area contributed by atoms with Crippen molar-refractivity contribution < 1.29 is 14.6 Å². The first kappa shape index (κ1) is 23.8. The highest BCUT2D eigenvalue weighted by molar-refractivity contribution is 9.10. The minimum atomic E-state index is -0.280. The Kier molecular flexibility index (Phi) is 6.01. The number of phenols is 1. The van der Waals surface area contributed by atoms with Crippen LogP contribution in [0.25, 0.3) is 11.8 Å². The number of nitrogens with zero attached hydrogens (tertiary/aromatic N) is 2. The molecule has 186 valence electrons. The van der Waals surface area contributed by atoms with Crippen molar-refractivity contribution in [3.8, 4) is 17.2 Å². The van der Waals surface area contributed by atoms with Crippen LogP contribution in [0.15, 0.2) is 80.5 Å². The molecule has 1 aromatic heterocycles. The SMILES string of the molecule is COc1cccc(C2C3=C(N=c4sc(=Cc5cc(Br)c(O)c(OC)c5)c(=O)n42)c2ccccc2CC3)c1. The maximum absolute atomic E-state index is 13.9. The lowest BCUT2D eigenvalue weighted by Crippen LogP contribution is -2.38. The van der Waals surface area contributed by atoms with Gasteiger partial charge in [0.1, 0.15) is 5.75 Å². The highest BCUT2D eigenvalue weighted by Crippen LogP contribution is 2.41. The summed E-state index contributed by atoms with van der Waals surface area (Å²) in [5.41, 5.74) is 6.11. The summed E-state index contributed by atoms with van der Waals surface area (Å²) in [4.78, 5) is 19.6. The molecule has 37 heavy (non-hydrogen) atoms. The van der Waals surface area contributed by atoms with Crippen LogP contribution in [-0.2, 0) is 6.42 Å². The molecule has 0 saturated carbocycles. The molecule has 0 spiro atoms. The summed E-state index contributed by atoms with van der Waals surface area (Å²) in [6.07, 6.45) is 3.54. The molecule has 3 aromatic carbocycles. The van der Waals surface area contributed by atoms with Crippen LogP contribution in [0.3, 0.4) is 0 Å². The lowest BCUT2D eigenvalue weighted by Gasteiger charge is -2.31. The number of rotatable bonds is 4. The molecule has 2 heterocycles. The highest BCUT2D eigenvalue weighted by atomic mass is 79.9. The molecule has 6 nitrogen and oxygen atoms in total. The van der Waals surface area contributed by atoms with Gasteiger partial charge in [0.05, 0.1) is 35.0 Å². The van der Waals surface area contributed by atoms with Crippen molar-refractivity contribution in [2.24, 2.45) is 4.99 Å². The zero-order valence-corrected chi connectivity index (χ0v) is 22.6. The molecule has 1 atom stereocenters. The zero-order chi connectivity index (χ0) is 25.7. The van der Waals surface area contributed by atoms with Crippen molar-refractivity contribution in [1.29, 1.82) is 0 Å². The fourth-order valence-corrected chi connectivity index (χ4v) is 6.58. The van der Waals surface area contributed by atoms with Gasteiger partial charge in [-0.25, -0.2) is 4.99 Å². The predicted molar refractivity (Wildman–Crippen MR) is 148 cm³/mol. The van der Waals surface area contributed by atoms with Gasteiger partial charge in [-0.3, -0.25) is 9.36 Å². The Morgan fingerprint density at radius 2 is 1.92 bits per heavy atom. The number of allylic oxidation sites excluding steroid dienone is 1. The summed E-state index contributed by atoms with van der Waals surface area (Å²) in [5.74, 6) is 1.09. The first-order valence-corrected chi connectivity index (χ1v) is 13.4. The van der Waals surface area contributed by atoms with E-state index < -0.39 is 0 Å². The number of fused-ring (bicyclic) bond motifs is 3. The van der Waals surface area contributed by atoms with E-state index in [1.54, 1.807) is 19.2 Å². The molecule has 8 heteroatoms. The molecular formula is C29H23BrN2O4S. The van der Waals surface area contributed by atoms with Crippen LogP contribution in [0.5, 0.6) is 17.2 Å². The fourth-order valence-electron chi connectivity index (χ4n) is 5.12. The average molecular weight is 575 g/mol. The van der Waals surface area contributed by atoms with Crippen LogP contribution in [0.1, 0.15) is 34.7 Å². The Morgan fingerprint density at radius 1 is 1.08 bits per heavy atom. The molecule has 0 radical (unpaired) electrons. The smallest absolute Gasteiger partial charge is 0.271 e. The van der Waals surface area contributed by atoms with Crippen LogP contribution < -0.4 is 24.4 Å². The van der Waals surface area contributed by atoms with Crippen molar-refractivity contribution in [1.82, 2.24) is 4.57 Å². The number of hydrogen-bond donors (Lipinski definition) is 1. The number of halogens is 1. The van der Waals surface area contributed by atoms with E-state index in [-0.39, 0.29) is 17.4 Å². The van der Waals surface area contributed by atoms with Gasteiger partial charge in [-0.15, -0.1) is 0 Å². The van der Waals surface area contributed by atoms with Gasteiger partial charge in [0, 0.05) is 5.56 Å². The van der Waals surface area contributed by atoms with Crippen molar-refractivity contribution in [3.05, 3.63) is 113 Å². The molecule has 4 aromatic rings. The van der Waals surface area contributed by atoms with Crippen LogP contribution in [0.4, 0.5) is 0 Å². The largest absolute Gasteiger partial charge is 0.503 e. The maximum Gasteiger partial charge on any atom is 0.271 e. The summed E-state index contributed by atoms with van der Waals surface area (Å²) in [6, 6.07) is 19.5. The second kappa shape index (κ2) is 9.36. The number of phenolic OH excluding ortho intramolecular Hbond substituents is 1. The van der Waals surface area contributed by atoms with Gasteiger partial charge in [0.25, 0.3) is 5.56 Å². The minimum absolute atomic E-state index is 0.0190. The van der Waals surface area contributed by atoms with E-state index in [2.05, 4.69) is 34.1 Å². The van der Waals surface area contributed by atoms with Crippen LogP contribution >= 0.6 is 27.3 Å². The topological polar surface area (TPSA) is 73.1 Å². The molecule has 1 unspecified atom stereocenters. The Labute approximate surface area is 225 Å². The van der Waals surface area contributed by atoms with Crippen molar-refractivity contribution >= 4 is 39.0 Å². The number of benzene rings is 3. The molecule has 0 bridgehead atoms. The third-order valence-electron chi connectivity index (χ3n) is 6.85. The van der Waals surface area contributed by atoms with E-state index in [0.717, 1.165) is 46.6 Å². The highest BCUT2D eigenvalue weighted by Gasteiger charge is 2.32. The third kappa shape index (κ3) is 4.01. The molecule has 1 N–H and O–H groups in total. The van der Waals surface area contributed by atoms with Crippen molar-refractivity contribution in [2.45, 2.75) is 18.9 Å². The Morgan fingerprint density at radius 3 is 2.73 bits per heavy atom. The Hall–Kier alpha value is -3.62. The van der Waals surface area contributed by atoms with Crippen LogP contribution in [-0.4, -0.2) is 23.9 Å². The van der Waals surface area contributed by atoms with Crippen LogP contribution in [0, 0.1) is 0 Å². The number of aromatic hydroxyl groups is 1. The Bertz CT molecular complexity index is 1770. The van der Waals surface area contributed by atoms with Crippen LogP contribution in [0.2, 0.25) is 0 Å². The molecule has 0 amide bonds. The Balaban J connectivity index is 1.61. The van der Waals surface area contributed by atoms with Gasteiger partial charge in [0.15, 0.2) is 16.3 Å². The fraction of sp³-hybridized carbons (Fsp3) is 0.172. The summed E-state index contributed by atoms with van der Waals surface area (Å²) in [5, 5.41) is 10.2. The number of aryl methyl sites for hydroxylation is 1. The zero-order valence-electron chi connectivity index (χ0n) is 20.2.